The molecule has 0 aliphatic heterocycles. The number of carbonyl (C=O) groups is 1. The Hall–Kier alpha value is -1.63. The predicted octanol–water partition coefficient (Wildman–Crippen LogP) is 3.11. The van der Waals surface area contributed by atoms with Crippen LogP contribution in [0.25, 0.3) is 0 Å². The van der Waals surface area contributed by atoms with E-state index >= 15 is 0 Å². The molecule has 2 rings (SSSR count). The SMILES string of the molecule is CC(O)(CNC(=O)C1CCC(F)(F)CC1)c1ccc(F)cc1F. The van der Waals surface area contributed by atoms with Crippen LogP contribution in [0.2, 0.25) is 0 Å². The molecule has 1 atom stereocenters. The fraction of sp³-hybridized carbons (Fsp3) is 0.562. The van der Waals surface area contributed by atoms with Gasteiger partial charge in [-0.1, -0.05) is 6.07 Å². The molecular formula is C16H19F4NO2. The lowest BCUT2D eigenvalue weighted by atomic mass is 9.86. The van der Waals surface area contributed by atoms with Crippen LogP contribution in [-0.2, 0) is 10.4 Å². The molecule has 1 aromatic carbocycles. The first-order chi connectivity index (χ1) is 10.6. The van der Waals surface area contributed by atoms with Crippen molar-refractivity contribution < 1.29 is 27.5 Å². The van der Waals surface area contributed by atoms with Crippen molar-refractivity contribution in [3.63, 3.8) is 0 Å². The number of nitrogens with one attached hydrogen (secondary N) is 1. The average Bonchev–Trinajstić information content (AvgIpc) is 2.44. The van der Waals surface area contributed by atoms with Crippen molar-refractivity contribution in [2.24, 2.45) is 5.92 Å². The maximum absolute atomic E-state index is 13.7. The summed E-state index contributed by atoms with van der Waals surface area (Å²) in [6, 6.07) is 2.77. The van der Waals surface area contributed by atoms with Gasteiger partial charge in [0, 0.05) is 30.4 Å². The molecular weight excluding hydrogens is 314 g/mol. The zero-order valence-corrected chi connectivity index (χ0v) is 12.7. The molecule has 7 heteroatoms. The molecule has 0 heterocycles. The van der Waals surface area contributed by atoms with Crippen molar-refractivity contribution in [1.29, 1.82) is 0 Å². The third kappa shape index (κ3) is 4.43. The van der Waals surface area contributed by atoms with E-state index in [1.807, 2.05) is 0 Å². The van der Waals surface area contributed by atoms with E-state index in [2.05, 4.69) is 5.32 Å². The van der Waals surface area contributed by atoms with E-state index in [1.54, 1.807) is 0 Å². The fourth-order valence-electron chi connectivity index (χ4n) is 2.73. The number of hydrogen-bond donors (Lipinski definition) is 2. The van der Waals surface area contributed by atoms with E-state index in [0.29, 0.717) is 6.07 Å². The molecule has 0 spiro atoms. The molecule has 1 amide bonds. The van der Waals surface area contributed by atoms with Gasteiger partial charge in [0.1, 0.15) is 17.2 Å². The molecule has 1 aromatic rings. The Morgan fingerprint density at radius 3 is 2.52 bits per heavy atom. The molecule has 0 saturated heterocycles. The first-order valence-corrected chi connectivity index (χ1v) is 7.44. The largest absolute Gasteiger partial charge is 0.383 e. The molecule has 3 nitrogen and oxygen atoms in total. The molecule has 1 unspecified atom stereocenters. The Morgan fingerprint density at radius 2 is 1.96 bits per heavy atom. The van der Waals surface area contributed by atoms with Gasteiger partial charge in [-0.2, -0.15) is 0 Å². The number of carbonyl (C=O) groups excluding carboxylic acids is 1. The minimum atomic E-state index is -2.72. The topological polar surface area (TPSA) is 49.3 Å². The second-order valence-electron chi connectivity index (χ2n) is 6.25. The van der Waals surface area contributed by atoms with Crippen LogP contribution in [0.1, 0.15) is 38.2 Å². The number of halogens is 4. The van der Waals surface area contributed by atoms with E-state index < -0.39 is 35.0 Å². The van der Waals surface area contributed by atoms with Crippen LogP contribution in [0.4, 0.5) is 17.6 Å². The van der Waals surface area contributed by atoms with Crippen molar-refractivity contribution in [2.45, 2.75) is 44.1 Å². The van der Waals surface area contributed by atoms with Gasteiger partial charge >= 0.3 is 0 Å². The number of hydrogen-bond acceptors (Lipinski definition) is 2. The maximum Gasteiger partial charge on any atom is 0.248 e. The average molecular weight is 333 g/mol. The zero-order valence-electron chi connectivity index (χ0n) is 12.7. The first-order valence-electron chi connectivity index (χ1n) is 7.44. The molecule has 0 aromatic heterocycles. The number of rotatable bonds is 4. The van der Waals surface area contributed by atoms with Gasteiger partial charge in [0.25, 0.3) is 0 Å². The van der Waals surface area contributed by atoms with Crippen LogP contribution in [0.3, 0.4) is 0 Å². The van der Waals surface area contributed by atoms with Crippen LogP contribution >= 0.6 is 0 Å². The van der Waals surface area contributed by atoms with Gasteiger partial charge in [-0.25, -0.2) is 17.6 Å². The monoisotopic (exact) mass is 333 g/mol. The van der Waals surface area contributed by atoms with Crippen molar-refractivity contribution in [2.75, 3.05) is 6.54 Å². The van der Waals surface area contributed by atoms with Gasteiger partial charge in [0.2, 0.25) is 11.8 Å². The molecule has 2 N–H and O–H groups in total. The summed E-state index contributed by atoms with van der Waals surface area (Å²) in [5, 5.41) is 12.8. The molecule has 23 heavy (non-hydrogen) atoms. The van der Waals surface area contributed by atoms with Gasteiger partial charge in [0.05, 0.1) is 6.54 Å². The number of benzene rings is 1. The number of alkyl halides is 2. The third-order valence-electron chi connectivity index (χ3n) is 4.21. The van der Waals surface area contributed by atoms with Gasteiger partial charge in [-0.3, -0.25) is 4.79 Å². The Balaban J connectivity index is 1.95. The lowest BCUT2D eigenvalue weighted by Gasteiger charge is -2.29. The molecule has 1 saturated carbocycles. The van der Waals surface area contributed by atoms with E-state index in [0.717, 1.165) is 12.1 Å². The highest BCUT2D eigenvalue weighted by Crippen LogP contribution is 2.36. The van der Waals surface area contributed by atoms with Crippen molar-refractivity contribution in [3.05, 3.63) is 35.4 Å². The lowest BCUT2D eigenvalue weighted by Crippen LogP contribution is -2.43. The Labute approximate surface area is 131 Å². The lowest BCUT2D eigenvalue weighted by molar-refractivity contribution is -0.130. The van der Waals surface area contributed by atoms with Gasteiger partial charge in [-0.05, 0) is 25.8 Å². The molecule has 0 bridgehead atoms. The summed E-state index contributed by atoms with van der Waals surface area (Å²) in [6.45, 7) is 1.000. The molecule has 0 radical (unpaired) electrons. The summed E-state index contributed by atoms with van der Waals surface area (Å²) in [7, 11) is 0. The minimum absolute atomic E-state index is 0.0753. The molecule has 1 aliphatic rings. The predicted molar refractivity (Wildman–Crippen MR) is 75.8 cm³/mol. The number of aliphatic hydroxyl groups is 1. The summed E-state index contributed by atoms with van der Waals surface area (Å²) in [6.07, 6.45) is -0.528. The van der Waals surface area contributed by atoms with Crippen molar-refractivity contribution in [1.82, 2.24) is 5.32 Å². The van der Waals surface area contributed by atoms with Gasteiger partial charge < -0.3 is 10.4 Å². The standard InChI is InChI=1S/C16H19F4NO2/c1-15(23,12-3-2-11(17)8-13(12)18)9-21-14(22)10-4-6-16(19,20)7-5-10/h2-3,8,10,23H,4-7,9H2,1H3,(H,21,22). The zero-order chi connectivity index (χ0) is 17.3. The number of amides is 1. The fourth-order valence-corrected chi connectivity index (χ4v) is 2.73. The highest BCUT2D eigenvalue weighted by molar-refractivity contribution is 5.78. The quantitative estimate of drug-likeness (QED) is 0.832. The first kappa shape index (κ1) is 17.7. The van der Waals surface area contributed by atoms with Crippen LogP contribution in [-0.4, -0.2) is 23.5 Å². The second-order valence-corrected chi connectivity index (χ2v) is 6.25. The summed E-state index contributed by atoms with van der Waals surface area (Å²) >= 11 is 0. The second kappa shape index (κ2) is 6.47. The smallest absolute Gasteiger partial charge is 0.248 e. The van der Waals surface area contributed by atoms with Crippen molar-refractivity contribution in [3.8, 4) is 0 Å². The van der Waals surface area contributed by atoms with Crippen molar-refractivity contribution >= 4 is 5.91 Å². The summed E-state index contributed by atoms with van der Waals surface area (Å²) in [5.74, 6) is -5.39. The minimum Gasteiger partial charge on any atom is -0.383 e. The van der Waals surface area contributed by atoms with E-state index in [-0.39, 0.29) is 37.8 Å². The van der Waals surface area contributed by atoms with Crippen LogP contribution in [0.15, 0.2) is 18.2 Å². The molecule has 1 fully saturated rings. The van der Waals surface area contributed by atoms with Crippen LogP contribution < -0.4 is 5.32 Å². The van der Waals surface area contributed by atoms with E-state index in [9.17, 15) is 27.5 Å². The Kier molecular flexibility index (Phi) is 4.98. The Morgan fingerprint density at radius 1 is 1.35 bits per heavy atom. The van der Waals surface area contributed by atoms with Crippen LogP contribution in [0, 0.1) is 17.6 Å². The molecule has 128 valence electrons. The summed E-state index contributed by atoms with van der Waals surface area (Å²) < 4.78 is 52.8. The third-order valence-corrected chi connectivity index (χ3v) is 4.21. The van der Waals surface area contributed by atoms with Gasteiger partial charge in [0.15, 0.2) is 0 Å². The maximum atomic E-state index is 13.7. The summed E-state index contributed by atoms with van der Waals surface area (Å²) in [4.78, 5) is 12.0. The highest BCUT2D eigenvalue weighted by atomic mass is 19.3. The van der Waals surface area contributed by atoms with E-state index in [1.165, 1.54) is 6.92 Å². The van der Waals surface area contributed by atoms with Gasteiger partial charge in [-0.15, -0.1) is 0 Å². The normalized spacial score (nSPS) is 20.8. The van der Waals surface area contributed by atoms with Crippen LogP contribution in [0.5, 0.6) is 0 Å². The van der Waals surface area contributed by atoms with E-state index in [4.69, 9.17) is 0 Å². The molecule has 1 aliphatic carbocycles. The summed E-state index contributed by atoms with van der Waals surface area (Å²) in [5.41, 5.74) is -1.87. The Bertz CT molecular complexity index is 579. The highest BCUT2D eigenvalue weighted by Gasteiger charge is 2.38.